The van der Waals surface area contributed by atoms with Crippen molar-refractivity contribution < 1.29 is 4.21 Å². The van der Waals surface area contributed by atoms with Crippen molar-refractivity contribution in [2.75, 3.05) is 0 Å². The minimum atomic E-state index is -0.814. The lowest BCUT2D eigenvalue weighted by Crippen LogP contribution is -2.33. The first-order chi connectivity index (χ1) is 12.1. The van der Waals surface area contributed by atoms with Gasteiger partial charge in [0.2, 0.25) is 0 Å². The van der Waals surface area contributed by atoms with Crippen molar-refractivity contribution in [3.8, 4) is 0 Å². The molecule has 2 aliphatic heterocycles. The van der Waals surface area contributed by atoms with E-state index in [1.165, 1.54) is 33.0 Å². The van der Waals surface area contributed by atoms with Gasteiger partial charge in [-0.15, -0.1) is 0 Å². The Balaban J connectivity index is 1.83. The fourth-order valence-electron chi connectivity index (χ4n) is 6.05. The van der Waals surface area contributed by atoms with Crippen molar-refractivity contribution in [3.05, 3.63) is 58.7 Å². The van der Waals surface area contributed by atoms with Gasteiger partial charge >= 0.3 is 0 Å². The molecule has 2 heteroatoms. The van der Waals surface area contributed by atoms with E-state index in [1.807, 2.05) is 0 Å². The molecule has 0 amide bonds. The van der Waals surface area contributed by atoms with Crippen LogP contribution >= 0.6 is 0 Å². The van der Waals surface area contributed by atoms with Crippen LogP contribution in [-0.4, -0.2) is 14.7 Å². The largest absolute Gasteiger partial charge is 0.258 e. The van der Waals surface area contributed by atoms with E-state index in [0.29, 0.717) is 11.8 Å². The summed E-state index contributed by atoms with van der Waals surface area (Å²) in [5.74, 6) is 0.782. The number of hydrogen-bond acceptors (Lipinski definition) is 1. The van der Waals surface area contributed by atoms with E-state index in [9.17, 15) is 4.21 Å². The summed E-state index contributed by atoms with van der Waals surface area (Å²) in [4.78, 5) is 0. The van der Waals surface area contributed by atoms with E-state index in [2.05, 4.69) is 77.9 Å². The predicted molar refractivity (Wildman–Crippen MR) is 111 cm³/mol. The Morgan fingerprint density at radius 3 is 1.54 bits per heavy atom. The van der Waals surface area contributed by atoms with Crippen LogP contribution in [0.3, 0.4) is 0 Å². The van der Waals surface area contributed by atoms with Crippen molar-refractivity contribution >= 4 is 21.6 Å². The van der Waals surface area contributed by atoms with Crippen molar-refractivity contribution in [2.45, 2.75) is 63.9 Å². The summed E-state index contributed by atoms with van der Waals surface area (Å²) in [7, 11) is -0.814. The van der Waals surface area contributed by atoms with Gasteiger partial charge in [-0.05, 0) is 43.9 Å². The van der Waals surface area contributed by atoms with Crippen LogP contribution in [0.5, 0.6) is 0 Å². The van der Waals surface area contributed by atoms with Gasteiger partial charge < -0.3 is 0 Å². The van der Waals surface area contributed by atoms with Gasteiger partial charge in [-0.25, -0.2) is 0 Å². The van der Waals surface area contributed by atoms with Gasteiger partial charge in [0.1, 0.15) is 0 Å². The molecule has 2 bridgehead atoms. The number of benzene rings is 2. The van der Waals surface area contributed by atoms with Gasteiger partial charge in [-0.2, -0.15) is 0 Å². The maximum Gasteiger partial charge on any atom is 0.0646 e. The fraction of sp³-hybridized carbons (Fsp3) is 0.500. The van der Waals surface area contributed by atoms with Crippen molar-refractivity contribution in [2.24, 2.45) is 10.8 Å². The van der Waals surface area contributed by atoms with Crippen LogP contribution in [0.15, 0.2) is 47.5 Å². The van der Waals surface area contributed by atoms with E-state index in [4.69, 9.17) is 0 Å². The number of fused-ring (bicyclic) bond motifs is 7. The lowest BCUT2D eigenvalue weighted by atomic mass is 9.63. The molecule has 2 aromatic carbocycles. The zero-order valence-electron chi connectivity index (χ0n) is 16.6. The summed E-state index contributed by atoms with van der Waals surface area (Å²) in [6, 6.07) is 13.4. The van der Waals surface area contributed by atoms with Crippen LogP contribution in [0, 0.1) is 10.8 Å². The van der Waals surface area contributed by atoms with Crippen molar-refractivity contribution in [1.29, 1.82) is 0 Å². The van der Waals surface area contributed by atoms with Gasteiger partial charge in [0.25, 0.3) is 0 Å². The Morgan fingerprint density at radius 1 is 0.731 bits per heavy atom. The minimum absolute atomic E-state index is 0.0608. The maximum atomic E-state index is 13.7. The third kappa shape index (κ3) is 1.89. The smallest absolute Gasteiger partial charge is 0.0646 e. The van der Waals surface area contributed by atoms with Gasteiger partial charge in [0.15, 0.2) is 0 Å². The third-order valence-corrected chi connectivity index (χ3v) is 8.76. The first-order valence-electron chi connectivity index (χ1n) is 9.78. The van der Waals surface area contributed by atoms with E-state index >= 15 is 0 Å². The predicted octanol–water partition coefficient (Wildman–Crippen LogP) is 5.92. The molecule has 0 aromatic heterocycles. The number of hydrogen-bond donors (Lipinski definition) is 0. The van der Waals surface area contributed by atoms with Crippen molar-refractivity contribution in [1.82, 2.24) is 0 Å². The van der Waals surface area contributed by atoms with Crippen LogP contribution < -0.4 is 0 Å². The normalized spacial score (nSPS) is 32.6. The van der Waals surface area contributed by atoms with Gasteiger partial charge in [0, 0.05) is 22.6 Å². The maximum absolute atomic E-state index is 13.7. The summed E-state index contributed by atoms with van der Waals surface area (Å²) < 4.78 is 13.7. The van der Waals surface area contributed by atoms with Crippen LogP contribution in [-0.2, 0) is 10.8 Å². The highest BCUT2D eigenvalue weighted by molar-refractivity contribution is 7.87. The Bertz CT molecular complexity index is 924. The second kappa shape index (κ2) is 4.90. The second-order valence-corrected chi connectivity index (χ2v) is 12.0. The monoisotopic (exact) mass is 364 g/mol. The fourth-order valence-corrected chi connectivity index (χ4v) is 9.00. The van der Waals surface area contributed by atoms with E-state index in [-0.39, 0.29) is 21.3 Å². The average Bonchev–Trinajstić information content (AvgIpc) is 3.13. The topological polar surface area (TPSA) is 17.1 Å². The Kier molecular flexibility index (Phi) is 3.15. The third-order valence-electron chi connectivity index (χ3n) is 6.70. The van der Waals surface area contributed by atoms with Crippen LogP contribution in [0.25, 0.3) is 10.8 Å². The molecular weight excluding hydrogens is 336 g/mol. The molecule has 136 valence electrons. The van der Waals surface area contributed by atoms with Crippen LogP contribution in [0.1, 0.15) is 64.5 Å². The summed E-state index contributed by atoms with van der Waals surface area (Å²) in [6.07, 6.45) is 0. The Labute approximate surface area is 159 Å². The minimum Gasteiger partial charge on any atom is -0.258 e. The van der Waals surface area contributed by atoms with Gasteiger partial charge in [-0.1, -0.05) is 77.9 Å². The van der Waals surface area contributed by atoms with Crippen LogP contribution in [0.2, 0.25) is 0 Å². The SMILES string of the molecule is CC(C)(C)C1=C(C(C)(C)C)C2C3c4cccc5cccc(c45)C3C1S2=O. The van der Waals surface area contributed by atoms with E-state index in [1.54, 1.807) is 0 Å². The molecule has 1 aliphatic carbocycles. The zero-order valence-corrected chi connectivity index (χ0v) is 17.4. The highest BCUT2D eigenvalue weighted by atomic mass is 32.2. The highest BCUT2D eigenvalue weighted by Gasteiger charge is 2.63. The van der Waals surface area contributed by atoms with Gasteiger partial charge in [0.05, 0.1) is 10.5 Å². The average molecular weight is 365 g/mol. The first-order valence-corrected chi connectivity index (χ1v) is 11.1. The van der Waals surface area contributed by atoms with E-state index < -0.39 is 10.8 Å². The summed E-state index contributed by atoms with van der Waals surface area (Å²) in [5.41, 5.74) is 5.98. The van der Waals surface area contributed by atoms with Gasteiger partial charge in [-0.3, -0.25) is 4.21 Å². The summed E-state index contributed by atoms with van der Waals surface area (Å²) in [5, 5.41) is 3.14. The molecule has 0 spiro atoms. The molecule has 1 fully saturated rings. The lowest BCUT2D eigenvalue weighted by Gasteiger charge is -2.39. The van der Waals surface area contributed by atoms with E-state index in [0.717, 1.165) is 0 Å². The second-order valence-electron chi connectivity index (χ2n) is 10.3. The zero-order chi connectivity index (χ0) is 18.6. The molecule has 2 heterocycles. The molecule has 0 N–H and O–H groups in total. The first kappa shape index (κ1) is 16.7. The molecule has 26 heavy (non-hydrogen) atoms. The molecule has 4 atom stereocenters. The quantitative estimate of drug-likeness (QED) is 0.530. The highest BCUT2D eigenvalue weighted by Crippen LogP contribution is 2.67. The molecule has 3 aliphatic rings. The van der Waals surface area contributed by atoms with Crippen LogP contribution in [0.4, 0.5) is 0 Å². The van der Waals surface area contributed by atoms with Crippen molar-refractivity contribution in [3.63, 3.8) is 0 Å². The molecule has 1 saturated heterocycles. The molecular formula is C24H28OS. The number of rotatable bonds is 0. The molecule has 1 nitrogen and oxygen atoms in total. The lowest BCUT2D eigenvalue weighted by molar-refractivity contribution is 0.384. The Morgan fingerprint density at radius 2 is 1.15 bits per heavy atom. The molecule has 0 radical (unpaired) electrons. The molecule has 5 rings (SSSR count). The summed E-state index contributed by atoms with van der Waals surface area (Å²) >= 11 is 0. The standard InChI is InChI=1S/C24H28OS/c1-23(2,3)19-20(24(4,5)6)22-18-15-12-8-10-13-9-7-11-14(16(13)15)17(18)21(19)26(22)25/h7-12,17-18,21-22H,1-6H3. The molecule has 0 saturated carbocycles. The summed E-state index contributed by atoms with van der Waals surface area (Å²) in [6.45, 7) is 13.9. The molecule has 4 unspecified atom stereocenters. The molecule has 2 aromatic rings. The Hall–Kier alpha value is -1.41.